The molecule has 4 aromatic carbocycles. The first-order valence-corrected chi connectivity index (χ1v) is 11.5. The SMILES string of the molecule is Cc1c(/C=N\NC(=O)CNc2cccc3ccccc23)c2ccccc2n1Cc1ccc(F)cc1. The Morgan fingerprint density at radius 1 is 0.914 bits per heavy atom. The van der Waals surface area contributed by atoms with E-state index in [0.717, 1.165) is 44.2 Å². The number of halogens is 1. The van der Waals surface area contributed by atoms with Gasteiger partial charge in [0.05, 0.1) is 12.8 Å². The molecule has 5 aromatic rings. The lowest BCUT2D eigenvalue weighted by Crippen LogP contribution is -2.26. The van der Waals surface area contributed by atoms with Crippen molar-refractivity contribution in [3.8, 4) is 0 Å². The van der Waals surface area contributed by atoms with Crippen molar-refractivity contribution in [1.82, 2.24) is 9.99 Å². The zero-order valence-electron chi connectivity index (χ0n) is 19.3. The Hall–Kier alpha value is -4.45. The van der Waals surface area contributed by atoms with Gasteiger partial charge in [0.2, 0.25) is 0 Å². The molecule has 0 radical (unpaired) electrons. The molecule has 0 aliphatic heterocycles. The Bertz CT molecular complexity index is 1530. The third kappa shape index (κ3) is 4.77. The summed E-state index contributed by atoms with van der Waals surface area (Å²) in [5.74, 6) is -0.483. The second-order valence-electron chi connectivity index (χ2n) is 8.40. The Morgan fingerprint density at radius 3 is 2.46 bits per heavy atom. The molecule has 35 heavy (non-hydrogen) atoms. The molecule has 2 N–H and O–H groups in total. The first-order valence-electron chi connectivity index (χ1n) is 11.5. The summed E-state index contributed by atoms with van der Waals surface area (Å²) >= 11 is 0. The van der Waals surface area contributed by atoms with E-state index in [1.54, 1.807) is 18.3 Å². The van der Waals surface area contributed by atoms with Crippen LogP contribution in [0.2, 0.25) is 0 Å². The molecule has 1 amide bonds. The number of hydrazone groups is 1. The van der Waals surface area contributed by atoms with Crippen molar-refractivity contribution in [2.45, 2.75) is 13.5 Å². The number of fused-ring (bicyclic) bond motifs is 2. The molecule has 0 saturated heterocycles. The second-order valence-corrected chi connectivity index (χ2v) is 8.40. The summed E-state index contributed by atoms with van der Waals surface area (Å²) in [4.78, 5) is 12.4. The quantitative estimate of drug-likeness (QED) is 0.234. The van der Waals surface area contributed by atoms with E-state index in [0.29, 0.717) is 6.54 Å². The molecule has 0 unspecified atom stereocenters. The van der Waals surface area contributed by atoms with E-state index in [1.807, 2.05) is 67.6 Å². The van der Waals surface area contributed by atoms with Crippen LogP contribution in [0.3, 0.4) is 0 Å². The Balaban J connectivity index is 1.30. The molecule has 5 nitrogen and oxygen atoms in total. The third-order valence-corrected chi connectivity index (χ3v) is 6.15. The van der Waals surface area contributed by atoms with Crippen LogP contribution >= 0.6 is 0 Å². The lowest BCUT2D eigenvalue weighted by atomic mass is 10.1. The molecular formula is C29H25FN4O. The predicted octanol–water partition coefficient (Wildman–Crippen LogP) is 5.85. The van der Waals surface area contributed by atoms with Crippen molar-refractivity contribution < 1.29 is 9.18 Å². The Morgan fingerprint density at radius 2 is 1.63 bits per heavy atom. The fraction of sp³-hybridized carbons (Fsp3) is 0.103. The van der Waals surface area contributed by atoms with Crippen LogP contribution < -0.4 is 10.7 Å². The van der Waals surface area contributed by atoms with Gasteiger partial charge in [0.1, 0.15) is 5.82 Å². The van der Waals surface area contributed by atoms with Gasteiger partial charge in [0.15, 0.2) is 0 Å². The fourth-order valence-corrected chi connectivity index (χ4v) is 4.36. The summed E-state index contributed by atoms with van der Waals surface area (Å²) < 4.78 is 15.5. The number of amides is 1. The van der Waals surface area contributed by atoms with Gasteiger partial charge >= 0.3 is 0 Å². The lowest BCUT2D eigenvalue weighted by molar-refractivity contribution is -0.119. The van der Waals surface area contributed by atoms with E-state index < -0.39 is 0 Å². The normalized spacial score (nSPS) is 11.4. The van der Waals surface area contributed by atoms with Crippen molar-refractivity contribution >= 4 is 39.5 Å². The first-order chi connectivity index (χ1) is 17.1. The number of carbonyl (C=O) groups excluding carboxylic acids is 1. The number of nitrogens with one attached hydrogen (secondary N) is 2. The summed E-state index contributed by atoms with van der Waals surface area (Å²) in [5.41, 5.74) is 7.54. The van der Waals surface area contributed by atoms with Crippen molar-refractivity contribution in [3.05, 3.63) is 114 Å². The second kappa shape index (κ2) is 9.81. The Labute approximate surface area is 202 Å². The van der Waals surface area contributed by atoms with E-state index in [2.05, 4.69) is 26.5 Å². The van der Waals surface area contributed by atoms with Gasteiger partial charge in [-0.25, -0.2) is 9.82 Å². The van der Waals surface area contributed by atoms with Crippen LogP contribution in [0, 0.1) is 12.7 Å². The summed E-state index contributed by atoms with van der Waals surface area (Å²) in [6.07, 6.45) is 1.69. The minimum Gasteiger partial charge on any atom is -0.376 e. The molecule has 0 saturated carbocycles. The zero-order valence-corrected chi connectivity index (χ0v) is 19.3. The minimum atomic E-state index is -0.249. The summed E-state index contributed by atoms with van der Waals surface area (Å²) in [6, 6.07) is 28.6. The van der Waals surface area contributed by atoms with Crippen molar-refractivity contribution in [2.24, 2.45) is 5.10 Å². The Kier molecular flexibility index (Phi) is 6.26. The van der Waals surface area contributed by atoms with Gasteiger partial charge in [-0.1, -0.05) is 66.7 Å². The topological polar surface area (TPSA) is 58.4 Å². The number of anilines is 1. The molecule has 1 aromatic heterocycles. The molecule has 0 atom stereocenters. The van der Waals surface area contributed by atoms with Gasteiger partial charge in [-0.3, -0.25) is 4.79 Å². The maximum atomic E-state index is 13.3. The van der Waals surface area contributed by atoms with Crippen LogP contribution in [0.5, 0.6) is 0 Å². The smallest absolute Gasteiger partial charge is 0.259 e. The van der Waals surface area contributed by atoms with E-state index in [4.69, 9.17) is 0 Å². The molecule has 0 spiro atoms. The summed E-state index contributed by atoms with van der Waals surface area (Å²) in [7, 11) is 0. The van der Waals surface area contributed by atoms with Crippen LogP contribution in [-0.4, -0.2) is 23.2 Å². The number of hydrogen-bond donors (Lipinski definition) is 2. The van der Waals surface area contributed by atoms with Crippen molar-refractivity contribution in [3.63, 3.8) is 0 Å². The van der Waals surface area contributed by atoms with Crippen LogP contribution in [0.25, 0.3) is 21.7 Å². The summed E-state index contributed by atoms with van der Waals surface area (Å²) in [5, 5.41) is 10.6. The number of carbonyl (C=O) groups is 1. The number of nitrogens with zero attached hydrogens (tertiary/aromatic N) is 2. The van der Waals surface area contributed by atoms with Crippen molar-refractivity contribution in [2.75, 3.05) is 11.9 Å². The average molecular weight is 465 g/mol. The largest absolute Gasteiger partial charge is 0.376 e. The minimum absolute atomic E-state index is 0.108. The first kappa shape index (κ1) is 22.3. The van der Waals surface area contributed by atoms with E-state index >= 15 is 0 Å². The van der Waals surface area contributed by atoms with E-state index in [-0.39, 0.29) is 18.3 Å². The van der Waals surface area contributed by atoms with Gasteiger partial charge in [-0.15, -0.1) is 0 Å². The molecule has 5 rings (SSSR count). The van der Waals surface area contributed by atoms with Gasteiger partial charge in [-0.2, -0.15) is 5.10 Å². The van der Waals surface area contributed by atoms with Crippen LogP contribution in [0.1, 0.15) is 16.8 Å². The standard InChI is InChI=1S/C29H25FN4O/c1-20-26(25-10-4-5-12-28(25)34(20)19-21-13-15-23(30)16-14-21)17-32-33-29(35)18-31-27-11-6-8-22-7-2-3-9-24(22)27/h2-17,31H,18-19H2,1H3,(H,33,35)/b32-17-. The number of para-hydroxylation sites is 1. The highest BCUT2D eigenvalue weighted by molar-refractivity contribution is 6.01. The highest BCUT2D eigenvalue weighted by atomic mass is 19.1. The maximum absolute atomic E-state index is 13.3. The molecule has 174 valence electrons. The highest BCUT2D eigenvalue weighted by Gasteiger charge is 2.13. The van der Waals surface area contributed by atoms with E-state index in [1.165, 1.54) is 12.1 Å². The average Bonchev–Trinajstić information content (AvgIpc) is 3.15. The predicted molar refractivity (Wildman–Crippen MR) is 140 cm³/mol. The molecule has 0 aliphatic carbocycles. The third-order valence-electron chi connectivity index (χ3n) is 6.15. The molecule has 0 aliphatic rings. The fourth-order valence-electron chi connectivity index (χ4n) is 4.36. The molecule has 0 fully saturated rings. The van der Waals surface area contributed by atoms with Gasteiger partial charge in [0.25, 0.3) is 5.91 Å². The number of aromatic nitrogens is 1. The molecule has 0 bridgehead atoms. The van der Waals surface area contributed by atoms with Crippen LogP contribution in [0.4, 0.5) is 10.1 Å². The van der Waals surface area contributed by atoms with Crippen LogP contribution in [-0.2, 0) is 11.3 Å². The molecule has 1 heterocycles. The molecular weight excluding hydrogens is 439 g/mol. The maximum Gasteiger partial charge on any atom is 0.259 e. The van der Waals surface area contributed by atoms with E-state index in [9.17, 15) is 9.18 Å². The lowest BCUT2D eigenvalue weighted by Gasteiger charge is -2.09. The highest BCUT2D eigenvalue weighted by Crippen LogP contribution is 2.26. The van der Waals surface area contributed by atoms with Gasteiger partial charge in [-0.05, 0) is 42.1 Å². The van der Waals surface area contributed by atoms with Crippen LogP contribution in [0.15, 0.2) is 96.1 Å². The van der Waals surface area contributed by atoms with Gasteiger partial charge < -0.3 is 9.88 Å². The number of benzene rings is 4. The van der Waals surface area contributed by atoms with Crippen molar-refractivity contribution in [1.29, 1.82) is 0 Å². The summed E-state index contributed by atoms with van der Waals surface area (Å²) in [6.45, 7) is 2.74. The zero-order chi connectivity index (χ0) is 24.2. The monoisotopic (exact) mass is 464 g/mol. The number of hydrogen-bond acceptors (Lipinski definition) is 3. The molecule has 6 heteroatoms. The number of rotatable bonds is 7. The van der Waals surface area contributed by atoms with Gasteiger partial charge in [0, 0.05) is 39.8 Å².